The minimum Gasteiger partial charge on any atom is -0.480 e. The number of carbonyl (C=O) groups is 1. The molecule has 0 aliphatic heterocycles. The first-order chi connectivity index (χ1) is 8.87. The van der Waals surface area contributed by atoms with E-state index in [1.807, 2.05) is 29.4 Å². The maximum atomic E-state index is 11.0. The smallest absolute Gasteiger partial charge is 0.401 e. The number of aromatic amines is 1. The molecule has 8 heteroatoms. The Bertz CT molecular complexity index is 647. The number of para-hydroxylation sites is 1. The van der Waals surface area contributed by atoms with Crippen molar-refractivity contribution in [1.29, 1.82) is 0 Å². The zero-order valence-corrected chi connectivity index (χ0v) is 10.7. The molecular formula is C11H13N2O5P. The van der Waals surface area contributed by atoms with Crippen molar-refractivity contribution in [2.24, 2.45) is 0 Å². The molecule has 0 fully saturated rings. The predicted molar refractivity (Wildman–Crippen MR) is 68.6 cm³/mol. The minimum absolute atomic E-state index is 0.0234. The van der Waals surface area contributed by atoms with E-state index in [1.165, 1.54) is 0 Å². The third-order valence-electron chi connectivity index (χ3n) is 2.72. The fourth-order valence-corrected chi connectivity index (χ4v) is 2.52. The first-order valence-corrected chi connectivity index (χ1v) is 7.09. The van der Waals surface area contributed by atoms with Crippen LogP contribution in [-0.2, 0) is 15.8 Å². The van der Waals surface area contributed by atoms with Gasteiger partial charge in [0.2, 0.25) is 0 Å². The fraction of sp³-hybridized carbons (Fsp3) is 0.182. The van der Waals surface area contributed by atoms with Gasteiger partial charge in [0.25, 0.3) is 0 Å². The summed E-state index contributed by atoms with van der Waals surface area (Å²) in [5.41, 5.74) is 1.53. The first-order valence-electron chi connectivity index (χ1n) is 5.48. The molecule has 1 aromatic heterocycles. The molecule has 0 aliphatic carbocycles. The second kappa shape index (κ2) is 5.14. The molecule has 1 atom stereocenters. The Morgan fingerprint density at radius 1 is 1.37 bits per heavy atom. The number of carboxylic acid groups (broad SMARTS) is 1. The van der Waals surface area contributed by atoms with Crippen LogP contribution < -0.4 is 5.09 Å². The van der Waals surface area contributed by atoms with Gasteiger partial charge in [-0.1, -0.05) is 18.2 Å². The highest BCUT2D eigenvalue weighted by Crippen LogP contribution is 2.30. The van der Waals surface area contributed by atoms with E-state index in [2.05, 4.69) is 4.98 Å². The van der Waals surface area contributed by atoms with Crippen molar-refractivity contribution < 1.29 is 24.3 Å². The van der Waals surface area contributed by atoms with E-state index in [9.17, 15) is 9.36 Å². The zero-order chi connectivity index (χ0) is 14.0. The Morgan fingerprint density at radius 3 is 2.68 bits per heavy atom. The molecule has 0 amide bonds. The van der Waals surface area contributed by atoms with E-state index < -0.39 is 19.8 Å². The molecule has 0 spiro atoms. The van der Waals surface area contributed by atoms with Gasteiger partial charge in [-0.2, -0.15) is 0 Å². The molecule has 0 unspecified atom stereocenters. The lowest BCUT2D eigenvalue weighted by Crippen LogP contribution is -2.36. The highest BCUT2D eigenvalue weighted by molar-refractivity contribution is 7.49. The summed E-state index contributed by atoms with van der Waals surface area (Å²) in [6, 6.07) is 5.96. The molecule has 1 heterocycles. The summed E-state index contributed by atoms with van der Waals surface area (Å²) in [5, 5.41) is 11.6. The number of rotatable bonds is 5. The summed E-state index contributed by atoms with van der Waals surface area (Å²) in [7, 11) is -4.60. The van der Waals surface area contributed by atoms with Gasteiger partial charge >= 0.3 is 13.7 Å². The third-order valence-corrected chi connectivity index (χ3v) is 3.37. The van der Waals surface area contributed by atoms with Gasteiger partial charge in [-0.25, -0.2) is 9.65 Å². The van der Waals surface area contributed by atoms with Crippen molar-refractivity contribution in [1.82, 2.24) is 10.1 Å². The van der Waals surface area contributed by atoms with Crippen LogP contribution in [0.3, 0.4) is 0 Å². The molecule has 0 aliphatic rings. The van der Waals surface area contributed by atoms with Gasteiger partial charge in [0, 0.05) is 23.5 Å². The lowest BCUT2D eigenvalue weighted by molar-refractivity contribution is -0.139. The summed E-state index contributed by atoms with van der Waals surface area (Å²) in [6.07, 6.45) is 1.62. The Kier molecular flexibility index (Phi) is 3.73. The van der Waals surface area contributed by atoms with Crippen molar-refractivity contribution in [3.05, 3.63) is 36.0 Å². The largest absolute Gasteiger partial charge is 0.480 e. The average Bonchev–Trinajstić information content (AvgIpc) is 2.70. The van der Waals surface area contributed by atoms with E-state index in [0.717, 1.165) is 10.9 Å². The molecule has 0 radical (unpaired) electrons. The molecule has 1 aromatic carbocycles. The average molecular weight is 284 g/mol. The number of nitrogens with one attached hydrogen (secondary N) is 2. The van der Waals surface area contributed by atoms with Crippen molar-refractivity contribution in [3.63, 3.8) is 0 Å². The van der Waals surface area contributed by atoms with E-state index in [0.29, 0.717) is 5.56 Å². The molecule has 0 bridgehead atoms. The molecular weight excluding hydrogens is 271 g/mol. The minimum atomic E-state index is -4.60. The predicted octanol–water partition coefficient (Wildman–Crippen LogP) is 0.846. The number of hydrogen-bond donors (Lipinski definition) is 5. The summed E-state index contributed by atoms with van der Waals surface area (Å²) >= 11 is 0. The monoisotopic (exact) mass is 284 g/mol. The van der Waals surface area contributed by atoms with Crippen LogP contribution in [0, 0.1) is 0 Å². The Balaban J connectivity index is 2.26. The van der Waals surface area contributed by atoms with Crippen molar-refractivity contribution in [2.75, 3.05) is 0 Å². The SMILES string of the molecule is O=C(O)[C@H](Cc1c[nH]c2ccccc12)NP(=O)(O)O. The fourth-order valence-electron chi connectivity index (χ4n) is 1.91. The lowest BCUT2D eigenvalue weighted by Gasteiger charge is -2.14. The Morgan fingerprint density at radius 2 is 2.05 bits per heavy atom. The summed E-state index contributed by atoms with van der Waals surface area (Å²) in [6.45, 7) is 0. The van der Waals surface area contributed by atoms with Gasteiger partial charge in [0.15, 0.2) is 0 Å². The van der Waals surface area contributed by atoms with Crippen LogP contribution >= 0.6 is 7.75 Å². The standard InChI is InChI=1S/C11H13N2O5P/c14-11(15)10(13-19(16,17)18)5-7-6-12-9-4-2-1-3-8(7)9/h1-4,6,10,12H,5H2,(H,14,15)(H3,13,16,17,18)/t10-/m0/s1. The van der Waals surface area contributed by atoms with Gasteiger partial charge in [-0.15, -0.1) is 0 Å². The zero-order valence-electron chi connectivity index (χ0n) is 9.78. The number of aliphatic carboxylic acids is 1. The number of benzene rings is 1. The van der Waals surface area contributed by atoms with Crippen molar-refractivity contribution in [3.8, 4) is 0 Å². The van der Waals surface area contributed by atoms with Gasteiger partial charge in [-0.05, 0) is 11.6 Å². The quantitative estimate of drug-likeness (QED) is 0.519. The molecule has 2 rings (SSSR count). The van der Waals surface area contributed by atoms with Crippen LogP contribution in [0.4, 0.5) is 0 Å². The third kappa shape index (κ3) is 3.42. The molecule has 0 saturated heterocycles. The molecule has 0 saturated carbocycles. The molecule has 7 nitrogen and oxygen atoms in total. The summed E-state index contributed by atoms with van der Waals surface area (Å²) < 4.78 is 10.9. The van der Waals surface area contributed by atoms with Gasteiger partial charge in [0.05, 0.1) is 0 Å². The number of fused-ring (bicyclic) bond motifs is 1. The van der Waals surface area contributed by atoms with E-state index in [-0.39, 0.29) is 6.42 Å². The van der Waals surface area contributed by atoms with Crippen LogP contribution in [0.5, 0.6) is 0 Å². The topological polar surface area (TPSA) is 123 Å². The van der Waals surface area contributed by atoms with Gasteiger partial charge in [0.1, 0.15) is 6.04 Å². The highest BCUT2D eigenvalue weighted by atomic mass is 31.2. The maximum Gasteiger partial charge on any atom is 0.401 e. The van der Waals surface area contributed by atoms with Gasteiger partial charge < -0.3 is 19.9 Å². The van der Waals surface area contributed by atoms with Crippen molar-refractivity contribution >= 4 is 24.6 Å². The second-order valence-electron chi connectivity index (χ2n) is 4.13. The van der Waals surface area contributed by atoms with Crippen LogP contribution in [0.15, 0.2) is 30.5 Å². The lowest BCUT2D eigenvalue weighted by atomic mass is 10.1. The number of H-pyrrole nitrogens is 1. The first kappa shape index (κ1) is 13.8. The van der Waals surface area contributed by atoms with Gasteiger partial charge in [-0.3, -0.25) is 4.79 Å². The molecule has 2 aromatic rings. The highest BCUT2D eigenvalue weighted by Gasteiger charge is 2.26. The van der Waals surface area contributed by atoms with E-state index in [1.54, 1.807) is 6.20 Å². The van der Waals surface area contributed by atoms with Crippen LogP contribution in [-0.4, -0.2) is 31.9 Å². The number of aromatic nitrogens is 1. The van der Waals surface area contributed by atoms with Crippen LogP contribution in [0.1, 0.15) is 5.56 Å². The molecule has 5 N–H and O–H groups in total. The summed E-state index contributed by atoms with van der Waals surface area (Å²) in [5.74, 6) is -1.31. The normalized spacial score (nSPS) is 13.6. The maximum absolute atomic E-state index is 11.0. The molecule has 19 heavy (non-hydrogen) atoms. The Labute approximate surface area is 108 Å². The summed E-state index contributed by atoms with van der Waals surface area (Å²) in [4.78, 5) is 31.6. The van der Waals surface area contributed by atoms with E-state index in [4.69, 9.17) is 14.9 Å². The van der Waals surface area contributed by atoms with Crippen molar-refractivity contribution in [2.45, 2.75) is 12.5 Å². The molecule has 102 valence electrons. The number of carboxylic acids is 1. The second-order valence-corrected chi connectivity index (χ2v) is 5.47. The van der Waals surface area contributed by atoms with Crippen LogP contribution in [0.2, 0.25) is 0 Å². The van der Waals surface area contributed by atoms with Crippen LogP contribution in [0.25, 0.3) is 10.9 Å². The Hall–Kier alpha value is -1.66. The number of hydrogen-bond acceptors (Lipinski definition) is 2. The van der Waals surface area contributed by atoms with E-state index >= 15 is 0 Å².